The SMILES string of the molecule is Cc1c(NC(=O)c2cc3sccc3n2Cc2ccccc2F)c(C(N)=O)nn1C. The van der Waals surface area contributed by atoms with Gasteiger partial charge in [0, 0.05) is 12.6 Å². The Hall–Kier alpha value is -3.46. The van der Waals surface area contributed by atoms with Crippen LogP contribution in [0.1, 0.15) is 32.2 Å². The lowest BCUT2D eigenvalue weighted by Crippen LogP contribution is -2.21. The molecule has 0 aliphatic heterocycles. The van der Waals surface area contributed by atoms with Crippen molar-refractivity contribution >= 4 is 39.1 Å². The van der Waals surface area contributed by atoms with Crippen molar-refractivity contribution in [2.45, 2.75) is 13.5 Å². The van der Waals surface area contributed by atoms with Crippen LogP contribution >= 0.6 is 11.3 Å². The van der Waals surface area contributed by atoms with Crippen molar-refractivity contribution in [1.29, 1.82) is 0 Å². The van der Waals surface area contributed by atoms with E-state index in [2.05, 4.69) is 10.4 Å². The first-order valence-corrected chi connectivity index (χ1v) is 9.69. The summed E-state index contributed by atoms with van der Waals surface area (Å²) < 4.78 is 18.4. The molecule has 0 bridgehead atoms. The second-order valence-corrected chi connectivity index (χ2v) is 7.58. The summed E-state index contributed by atoms with van der Waals surface area (Å²) in [5.74, 6) is -1.50. The van der Waals surface area contributed by atoms with Crippen molar-refractivity contribution in [3.63, 3.8) is 0 Å². The molecule has 0 atom stereocenters. The molecule has 3 heterocycles. The van der Waals surface area contributed by atoms with Gasteiger partial charge in [-0.2, -0.15) is 5.10 Å². The van der Waals surface area contributed by atoms with E-state index in [1.54, 1.807) is 42.8 Å². The van der Waals surface area contributed by atoms with Gasteiger partial charge in [0.05, 0.1) is 28.1 Å². The molecule has 29 heavy (non-hydrogen) atoms. The van der Waals surface area contributed by atoms with E-state index >= 15 is 0 Å². The lowest BCUT2D eigenvalue weighted by molar-refractivity contribution is 0.0995. The number of fused-ring (bicyclic) bond motifs is 1. The summed E-state index contributed by atoms with van der Waals surface area (Å²) in [5, 5.41) is 8.74. The minimum absolute atomic E-state index is 0.00706. The maximum Gasteiger partial charge on any atom is 0.272 e. The number of anilines is 1. The molecule has 0 aliphatic rings. The van der Waals surface area contributed by atoms with Crippen LogP contribution in [0.4, 0.5) is 10.1 Å². The van der Waals surface area contributed by atoms with Crippen LogP contribution in [0.2, 0.25) is 0 Å². The molecule has 0 radical (unpaired) electrons. The van der Waals surface area contributed by atoms with Gasteiger partial charge in [0.2, 0.25) is 0 Å². The van der Waals surface area contributed by atoms with Crippen molar-refractivity contribution in [2.75, 3.05) is 5.32 Å². The summed E-state index contributed by atoms with van der Waals surface area (Å²) in [4.78, 5) is 24.8. The number of hydrogen-bond acceptors (Lipinski definition) is 4. The number of amides is 2. The van der Waals surface area contributed by atoms with Crippen LogP contribution < -0.4 is 11.1 Å². The molecule has 0 saturated carbocycles. The fourth-order valence-electron chi connectivity index (χ4n) is 3.24. The number of aromatic nitrogens is 3. The van der Waals surface area contributed by atoms with Gasteiger partial charge in [0.15, 0.2) is 5.69 Å². The standard InChI is InChI=1S/C20H18FN5O2S/c1-11-17(18(19(22)27)24-25(11)2)23-20(28)15-9-16-14(7-8-29-16)26(15)10-12-5-3-4-6-13(12)21/h3-9H,10H2,1-2H3,(H2,22,27)(H,23,28). The number of nitrogens with zero attached hydrogens (tertiary/aromatic N) is 3. The smallest absolute Gasteiger partial charge is 0.272 e. The van der Waals surface area contributed by atoms with E-state index in [0.29, 0.717) is 17.0 Å². The Labute approximate surface area is 169 Å². The third kappa shape index (κ3) is 3.29. The highest BCUT2D eigenvalue weighted by atomic mass is 32.1. The van der Waals surface area contributed by atoms with Crippen molar-refractivity contribution in [1.82, 2.24) is 14.3 Å². The van der Waals surface area contributed by atoms with Gasteiger partial charge in [-0.3, -0.25) is 14.3 Å². The molecule has 9 heteroatoms. The van der Waals surface area contributed by atoms with Gasteiger partial charge in [-0.15, -0.1) is 11.3 Å². The fraction of sp³-hybridized carbons (Fsp3) is 0.150. The van der Waals surface area contributed by atoms with Gasteiger partial charge in [-0.25, -0.2) is 4.39 Å². The monoisotopic (exact) mass is 411 g/mol. The Morgan fingerprint density at radius 3 is 2.76 bits per heavy atom. The lowest BCUT2D eigenvalue weighted by atomic mass is 10.2. The Morgan fingerprint density at radius 2 is 2.03 bits per heavy atom. The summed E-state index contributed by atoms with van der Waals surface area (Å²) in [7, 11) is 1.66. The molecule has 4 aromatic rings. The first-order chi connectivity index (χ1) is 13.9. The van der Waals surface area contributed by atoms with E-state index in [1.165, 1.54) is 22.1 Å². The summed E-state index contributed by atoms with van der Waals surface area (Å²) in [5.41, 5.74) is 7.92. The molecule has 148 valence electrons. The van der Waals surface area contributed by atoms with Crippen molar-refractivity contribution in [2.24, 2.45) is 12.8 Å². The number of halogens is 1. The second kappa shape index (κ2) is 7.17. The van der Waals surface area contributed by atoms with Gasteiger partial charge >= 0.3 is 0 Å². The average Bonchev–Trinajstić information content (AvgIpc) is 3.34. The summed E-state index contributed by atoms with van der Waals surface area (Å²) >= 11 is 1.49. The molecular weight excluding hydrogens is 393 g/mol. The van der Waals surface area contributed by atoms with Crippen LogP contribution in [0.25, 0.3) is 10.2 Å². The number of thiophene rings is 1. The predicted molar refractivity (Wildman–Crippen MR) is 110 cm³/mol. The predicted octanol–water partition coefficient (Wildman–Crippen LogP) is 3.28. The lowest BCUT2D eigenvalue weighted by Gasteiger charge is -2.12. The van der Waals surface area contributed by atoms with E-state index in [4.69, 9.17) is 5.73 Å². The first kappa shape index (κ1) is 18.9. The third-order valence-electron chi connectivity index (χ3n) is 4.85. The Bertz CT molecular complexity index is 1250. The maximum atomic E-state index is 14.2. The normalized spacial score (nSPS) is 11.1. The molecule has 0 spiro atoms. The maximum absolute atomic E-state index is 14.2. The number of carbonyl (C=O) groups is 2. The van der Waals surface area contributed by atoms with Crippen LogP contribution in [-0.4, -0.2) is 26.2 Å². The van der Waals surface area contributed by atoms with Crippen molar-refractivity contribution in [3.8, 4) is 0 Å². The largest absolute Gasteiger partial charge is 0.364 e. The van der Waals surface area contributed by atoms with E-state index in [0.717, 1.165) is 10.2 Å². The van der Waals surface area contributed by atoms with Gasteiger partial charge in [-0.1, -0.05) is 18.2 Å². The third-order valence-corrected chi connectivity index (χ3v) is 5.70. The number of aryl methyl sites for hydroxylation is 1. The molecule has 0 saturated heterocycles. The highest BCUT2D eigenvalue weighted by molar-refractivity contribution is 7.17. The average molecular weight is 411 g/mol. The molecular formula is C20H18FN5O2S. The number of benzene rings is 1. The molecule has 3 aromatic heterocycles. The zero-order valence-corrected chi connectivity index (χ0v) is 16.6. The molecule has 0 aliphatic carbocycles. The number of rotatable bonds is 5. The van der Waals surface area contributed by atoms with Crippen LogP contribution in [0.3, 0.4) is 0 Å². The molecule has 3 N–H and O–H groups in total. The van der Waals surface area contributed by atoms with Gasteiger partial charge in [0.25, 0.3) is 11.8 Å². The van der Waals surface area contributed by atoms with Crippen LogP contribution in [0, 0.1) is 12.7 Å². The van der Waals surface area contributed by atoms with Gasteiger partial charge in [0.1, 0.15) is 11.5 Å². The number of nitrogens with two attached hydrogens (primary N) is 1. The fourth-order valence-corrected chi connectivity index (χ4v) is 4.06. The van der Waals surface area contributed by atoms with E-state index in [9.17, 15) is 14.0 Å². The van der Waals surface area contributed by atoms with E-state index in [-0.39, 0.29) is 23.7 Å². The zero-order valence-electron chi connectivity index (χ0n) is 15.8. The molecule has 2 amide bonds. The molecule has 7 nitrogen and oxygen atoms in total. The number of nitrogens with one attached hydrogen (secondary N) is 1. The second-order valence-electron chi connectivity index (χ2n) is 6.63. The van der Waals surface area contributed by atoms with Crippen molar-refractivity contribution < 1.29 is 14.0 Å². The Balaban J connectivity index is 1.75. The van der Waals surface area contributed by atoms with Gasteiger partial charge < -0.3 is 15.6 Å². The Kier molecular flexibility index (Phi) is 4.67. The van der Waals surface area contributed by atoms with E-state index < -0.39 is 11.8 Å². The molecule has 0 unspecified atom stereocenters. The molecule has 1 aromatic carbocycles. The highest BCUT2D eigenvalue weighted by Gasteiger charge is 2.23. The topological polar surface area (TPSA) is 94.9 Å². The number of carbonyl (C=O) groups excluding carboxylic acids is 2. The molecule has 0 fully saturated rings. The van der Waals surface area contributed by atoms with Gasteiger partial charge in [-0.05, 0) is 30.5 Å². The van der Waals surface area contributed by atoms with Crippen LogP contribution in [-0.2, 0) is 13.6 Å². The quantitative estimate of drug-likeness (QED) is 0.528. The zero-order chi connectivity index (χ0) is 20.7. The minimum atomic E-state index is -0.730. The molecule has 4 rings (SSSR count). The number of hydrogen-bond donors (Lipinski definition) is 2. The Morgan fingerprint density at radius 1 is 1.28 bits per heavy atom. The number of primary amides is 1. The highest BCUT2D eigenvalue weighted by Crippen LogP contribution is 2.28. The van der Waals surface area contributed by atoms with E-state index in [1.807, 2.05) is 11.4 Å². The van der Waals surface area contributed by atoms with Crippen LogP contribution in [0.15, 0.2) is 41.8 Å². The minimum Gasteiger partial charge on any atom is -0.364 e. The van der Waals surface area contributed by atoms with Crippen LogP contribution in [0.5, 0.6) is 0 Å². The summed E-state index contributed by atoms with van der Waals surface area (Å²) in [6, 6.07) is 10.1. The summed E-state index contributed by atoms with van der Waals surface area (Å²) in [6.45, 7) is 1.93. The summed E-state index contributed by atoms with van der Waals surface area (Å²) in [6.07, 6.45) is 0. The van der Waals surface area contributed by atoms with Crippen molar-refractivity contribution in [3.05, 3.63) is 70.2 Å². The first-order valence-electron chi connectivity index (χ1n) is 8.81.